The van der Waals surface area contributed by atoms with Crippen molar-refractivity contribution in [1.82, 2.24) is 15.3 Å². The van der Waals surface area contributed by atoms with Crippen molar-refractivity contribution in [2.45, 2.75) is 26.4 Å². The molecule has 5 rings (SSSR count). The Morgan fingerprint density at radius 3 is 2.76 bits per heavy atom. The second-order valence-electron chi connectivity index (χ2n) is 8.26. The summed E-state index contributed by atoms with van der Waals surface area (Å²) < 4.78 is 0. The predicted octanol–water partition coefficient (Wildman–Crippen LogP) is 0.902. The van der Waals surface area contributed by atoms with Crippen LogP contribution in [0.3, 0.4) is 0 Å². The highest BCUT2D eigenvalue weighted by Gasteiger charge is 2.26. The lowest BCUT2D eigenvalue weighted by atomic mass is 9.96. The number of aryl methyl sites for hydroxylation is 1. The van der Waals surface area contributed by atoms with E-state index in [1.54, 1.807) is 12.1 Å². The molecule has 0 saturated heterocycles. The van der Waals surface area contributed by atoms with Crippen molar-refractivity contribution in [3.8, 4) is 0 Å². The van der Waals surface area contributed by atoms with Crippen LogP contribution >= 0.6 is 0 Å². The molecule has 1 aromatic heterocycles. The average molecular weight is 443 g/mol. The molecule has 0 spiro atoms. The maximum atomic E-state index is 12.6. The summed E-state index contributed by atoms with van der Waals surface area (Å²) in [7, 11) is 0. The summed E-state index contributed by atoms with van der Waals surface area (Å²) in [5, 5.41) is 3.26. The molecule has 9 heteroatoms. The zero-order valence-corrected chi connectivity index (χ0v) is 17.9. The van der Waals surface area contributed by atoms with E-state index < -0.39 is 16.8 Å². The first-order chi connectivity index (χ1) is 15.8. The molecule has 0 bridgehead atoms. The minimum absolute atomic E-state index is 0.0268. The molecule has 0 saturated carbocycles. The highest BCUT2D eigenvalue weighted by Crippen LogP contribution is 2.26. The molecule has 0 radical (unpaired) electrons. The number of aromatic amines is 1. The van der Waals surface area contributed by atoms with Gasteiger partial charge in [-0.3, -0.25) is 19.2 Å². The largest absolute Gasteiger partial charge is 0.394 e. The highest BCUT2D eigenvalue weighted by atomic mass is 16.2. The number of anilines is 2. The third-order valence-corrected chi connectivity index (χ3v) is 6.13. The van der Waals surface area contributed by atoms with Crippen LogP contribution in [0.25, 0.3) is 10.9 Å². The molecule has 3 aromatic carbocycles. The number of hydrogen-bond donors (Lipinski definition) is 3. The molecule has 33 heavy (non-hydrogen) atoms. The standard InChI is InChI=1S/C24H21N5O4/c1-12-3-2-4-16-17(12)23(32)28-22(27-16)24(33)26-10-13-5-6-14-7-8-29(11-15(14)9-13)19-18(25)20(30)21(19)31/h2-6,9H,7-8,10-11,25H2,1H3,(H,26,33)(H,27,28,32). The van der Waals surface area contributed by atoms with Gasteiger partial charge in [-0.1, -0.05) is 30.3 Å². The lowest BCUT2D eigenvalue weighted by Crippen LogP contribution is -2.44. The van der Waals surface area contributed by atoms with Gasteiger partial charge < -0.3 is 20.9 Å². The van der Waals surface area contributed by atoms with E-state index in [9.17, 15) is 19.2 Å². The van der Waals surface area contributed by atoms with Crippen molar-refractivity contribution in [3.63, 3.8) is 0 Å². The van der Waals surface area contributed by atoms with Crippen LogP contribution < -0.4 is 32.4 Å². The lowest BCUT2D eigenvalue weighted by Gasteiger charge is -2.32. The third-order valence-electron chi connectivity index (χ3n) is 6.13. The van der Waals surface area contributed by atoms with Crippen molar-refractivity contribution < 1.29 is 4.79 Å². The second kappa shape index (κ2) is 7.70. The van der Waals surface area contributed by atoms with Crippen LogP contribution in [0.15, 0.2) is 50.8 Å². The normalized spacial score (nSPS) is 13.3. The summed E-state index contributed by atoms with van der Waals surface area (Å²) in [5.41, 5.74) is 8.81. The Hall–Kier alpha value is -4.27. The van der Waals surface area contributed by atoms with Crippen molar-refractivity contribution in [1.29, 1.82) is 0 Å². The van der Waals surface area contributed by atoms with Crippen molar-refractivity contribution in [2.24, 2.45) is 0 Å². The van der Waals surface area contributed by atoms with Crippen molar-refractivity contribution in [3.05, 3.63) is 95.3 Å². The quantitative estimate of drug-likeness (QED) is 0.398. The van der Waals surface area contributed by atoms with Crippen molar-refractivity contribution >= 4 is 28.2 Å². The first-order valence-electron chi connectivity index (χ1n) is 10.6. The molecule has 4 aromatic rings. The summed E-state index contributed by atoms with van der Waals surface area (Å²) >= 11 is 0. The summed E-state index contributed by atoms with van der Waals surface area (Å²) in [5.74, 6) is -0.524. The fourth-order valence-electron chi connectivity index (χ4n) is 4.36. The number of amides is 1. The number of fused-ring (bicyclic) bond motifs is 2. The summed E-state index contributed by atoms with van der Waals surface area (Å²) in [6, 6.07) is 11.2. The summed E-state index contributed by atoms with van der Waals surface area (Å²) in [6.07, 6.45) is 0.724. The van der Waals surface area contributed by atoms with Gasteiger partial charge in [-0.2, -0.15) is 0 Å². The second-order valence-corrected chi connectivity index (χ2v) is 8.26. The van der Waals surface area contributed by atoms with Crippen LogP contribution in [0.5, 0.6) is 0 Å². The van der Waals surface area contributed by atoms with Gasteiger partial charge in [-0.25, -0.2) is 4.98 Å². The van der Waals surface area contributed by atoms with Crippen LogP contribution in [0.4, 0.5) is 11.4 Å². The maximum Gasteiger partial charge on any atom is 0.287 e. The molecule has 4 N–H and O–H groups in total. The maximum absolute atomic E-state index is 12.6. The molecular weight excluding hydrogens is 422 g/mol. The molecule has 0 atom stereocenters. The molecule has 2 heterocycles. The smallest absolute Gasteiger partial charge is 0.287 e. The van der Waals surface area contributed by atoms with Crippen LogP contribution in [0.2, 0.25) is 0 Å². The van der Waals surface area contributed by atoms with Gasteiger partial charge in [0.2, 0.25) is 0 Å². The first kappa shape index (κ1) is 20.6. The number of nitrogens with two attached hydrogens (primary N) is 1. The fraction of sp³-hybridized carbons (Fsp3) is 0.208. The molecule has 166 valence electrons. The highest BCUT2D eigenvalue weighted by molar-refractivity contribution is 5.93. The molecule has 0 fully saturated rings. The van der Waals surface area contributed by atoms with Gasteiger partial charge in [0.05, 0.1) is 10.9 Å². The molecule has 1 aliphatic heterocycles. The van der Waals surface area contributed by atoms with Gasteiger partial charge in [-0.05, 0) is 41.7 Å². The van der Waals surface area contributed by atoms with Gasteiger partial charge >= 0.3 is 0 Å². The third kappa shape index (κ3) is 3.47. The summed E-state index contributed by atoms with van der Waals surface area (Å²) in [4.78, 5) is 57.1. The molecule has 0 unspecified atom stereocenters. The number of carbonyl (C=O) groups is 1. The number of nitrogens with zero attached hydrogens (tertiary/aromatic N) is 2. The van der Waals surface area contributed by atoms with Crippen LogP contribution in [-0.2, 0) is 19.5 Å². The Kier molecular flexibility index (Phi) is 4.81. The average Bonchev–Trinajstić information content (AvgIpc) is 2.82. The fourth-order valence-corrected chi connectivity index (χ4v) is 4.36. The number of hydrogen-bond acceptors (Lipinski definition) is 7. The van der Waals surface area contributed by atoms with Gasteiger partial charge in [-0.15, -0.1) is 0 Å². The number of rotatable bonds is 4. The number of H-pyrrole nitrogens is 1. The van der Waals surface area contributed by atoms with Gasteiger partial charge in [0.25, 0.3) is 22.3 Å². The molecule has 1 amide bonds. The number of aromatic nitrogens is 2. The topological polar surface area (TPSA) is 138 Å². The monoisotopic (exact) mass is 443 g/mol. The van der Waals surface area contributed by atoms with E-state index in [2.05, 4.69) is 15.3 Å². The zero-order chi connectivity index (χ0) is 23.3. The molecule has 0 aliphatic carbocycles. The Labute approximate surface area is 187 Å². The van der Waals surface area contributed by atoms with E-state index in [1.807, 2.05) is 36.1 Å². The van der Waals surface area contributed by atoms with E-state index in [-0.39, 0.29) is 23.6 Å². The van der Waals surface area contributed by atoms with E-state index >= 15 is 0 Å². The Balaban J connectivity index is 1.32. The molecule has 9 nitrogen and oxygen atoms in total. The number of benzene rings is 2. The van der Waals surface area contributed by atoms with E-state index in [0.717, 1.165) is 28.7 Å². The Morgan fingerprint density at radius 1 is 1.15 bits per heavy atom. The minimum Gasteiger partial charge on any atom is -0.394 e. The predicted molar refractivity (Wildman–Crippen MR) is 125 cm³/mol. The number of nitrogen functional groups attached to an aromatic ring is 1. The Morgan fingerprint density at radius 2 is 1.97 bits per heavy atom. The van der Waals surface area contributed by atoms with Gasteiger partial charge in [0.1, 0.15) is 11.4 Å². The SMILES string of the molecule is Cc1cccc2nc(C(=O)NCc3ccc4c(c3)CN(c3c(N)c(=O)c3=O)CC4)[nH]c(=O)c12. The Bertz CT molecular complexity index is 1560. The van der Waals surface area contributed by atoms with E-state index in [4.69, 9.17) is 5.73 Å². The molecule has 1 aliphatic rings. The number of carbonyl (C=O) groups excluding carboxylic acids is 1. The van der Waals surface area contributed by atoms with Crippen molar-refractivity contribution in [2.75, 3.05) is 17.2 Å². The van der Waals surface area contributed by atoms with E-state index in [1.165, 1.54) is 0 Å². The van der Waals surface area contributed by atoms with Crippen LogP contribution in [-0.4, -0.2) is 22.4 Å². The van der Waals surface area contributed by atoms with Gasteiger partial charge in [0.15, 0.2) is 5.82 Å². The molecular formula is C24H21N5O4. The zero-order valence-electron chi connectivity index (χ0n) is 17.9. The number of nitrogens with one attached hydrogen (secondary N) is 2. The van der Waals surface area contributed by atoms with E-state index in [0.29, 0.717) is 29.7 Å². The van der Waals surface area contributed by atoms with Crippen LogP contribution in [0.1, 0.15) is 32.9 Å². The van der Waals surface area contributed by atoms with Gasteiger partial charge in [0, 0.05) is 19.6 Å². The van der Waals surface area contributed by atoms with Crippen LogP contribution in [0, 0.1) is 6.92 Å². The first-order valence-corrected chi connectivity index (χ1v) is 10.6. The lowest BCUT2D eigenvalue weighted by molar-refractivity contribution is 0.0940. The minimum atomic E-state index is -0.622. The summed E-state index contributed by atoms with van der Waals surface area (Å²) in [6.45, 7) is 3.13.